The zero-order chi connectivity index (χ0) is 15.1. The van der Waals surface area contributed by atoms with Crippen LogP contribution in [0.2, 0.25) is 5.02 Å². The van der Waals surface area contributed by atoms with Crippen LogP contribution in [0.4, 0.5) is 0 Å². The Hall–Kier alpha value is -0.830. The van der Waals surface area contributed by atoms with E-state index in [1.54, 1.807) is 0 Å². The van der Waals surface area contributed by atoms with Gasteiger partial charge in [-0.2, -0.15) is 0 Å². The van der Waals surface area contributed by atoms with Crippen molar-refractivity contribution in [1.29, 1.82) is 0 Å². The van der Waals surface area contributed by atoms with Gasteiger partial charge in [-0.15, -0.1) is 0 Å². The van der Waals surface area contributed by atoms with E-state index in [-0.39, 0.29) is 0 Å². The van der Waals surface area contributed by atoms with Crippen LogP contribution >= 0.6 is 27.5 Å². The van der Waals surface area contributed by atoms with Gasteiger partial charge in [-0.05, 0) is 42.6 Å². The Morgan fingerprint density at radius 1 is 1.14 bits per heavy atom. The second kappa shape index (κ2) is 8.57. The van der Waals surface area contributed by atoms with Crippen LogP contribution in [0.25, 0.3) is 0 Å². The fourth-order valence-corrected chi connectivity index (χ4v) is 3.19. The lowest BCUT2D eigenvalue weighted by Crippen LogP contribution is -2.23. The van der Waals surface area contributed by atoms with Gasteiger partial charge < -0.3 is 5.32 Å². The lowest BCUT2D eigenvalue weighted by molar-refractivity contribution is 0.576. The minimum absolute atomic E-state index is 0.441. The summed E-state index contributed by atoms with van der Waals surface area (Å²) in [6.45, 7) is 4.22. The van der Waals surface area contributed by atoms with Gasteiger partial charge in [0, 0.05) is 22.0 Å². The van der Waals surface area contributed by atoms with Crippen LogP contribution in [0, 0.1) is 0 Å². The SMILES string of the molecule is CCCNCC(Cc1ccc(Br)cc1Cl)c1ccccc1. The molecule has 0 aliphatic rings. The summed E-state index contributed by atoms with van der Waals surface area (Å²) in [5, 5.41) is 4.37. The Balaban J connectivity index is 2.15. The molecule has 2 rings (SSSR count). The molecule has 0 aromatic heterocycles. The van der Waals surface area contributed by atoms with Crippen LogP contribution in [-0.4, -0.2) is 13.1 Å². The van der Waals surface area contributed by atoms with Crippen molar-refractivity contribution in [3.63, 3.8) is 0 Å². The molecule has 0 radical (unpaired) electrons. The van der Waals surface area contributed by atoms with Crippen molar-refractivity contribution in [2.24, 2.45) is 0 Å². The van der Waals surface area contributed by atoms with Crippen molar-refractivity contribution in [3.05, 3.63) is 69.2 Å². The van der Waals surface area contributed by atoms with Gasteiger partial charge in [0.25, 0.3) is 0 Å². The van der Waals surface area contributed by atoms with Crippen molar-refractivity contribution in [3.8, 4) is 0 Å². The smallest absolute Gasteiger partial charge is 0.0449 e. The Kier molecular flexibility index (Phi) is 6.75. The highest BCUT2D eigenvalue weighted by atomic mass is 79.9. The molecule has 1 unspecified atom stereocenters. The fraction of sp³-hybridized carbons (Fsp3) is 0.333. The van der Waals surface area contributed by atoms with Gasteiger partial charge in [0.05, 0.1) is 0 Å². The molecule has 0 saturated heterocycles. The second-order valence-corrected chi connectivity index (χ2v) is 6.57. The Labute approximate surface area is 140 Å². The minimum Gasteiger partial charge on any atom is -0.316 e. The zero-order valence-electron chi connectivity index (χ0n) is 12.3. The van der Waals surface area contributed by atoms with E-state index in [4.69, 9.17) is 11.6 Å². The molecule has 0 amide bonds. The maximum absolute atomic E-state index is 6.37. The number of nitrogens with one attached hydrogen (secondary N) is 1. The lowest BCUT2D eigenvalue weighted by atomic mass is 9.92. The van der Waals surface area contributed by atoms with Crippen molar-refractivity contribution < 1.29 is 0 Å². The summed E-state index contributed by atoms with van der Waals surface area (Å²) in [5.74, 6) is 0.441. The number of halogens is 2. The zero-order valence-corrected chi connectivity index (χ0v) is 14.6. The Morgan fingerprint density at radius 2 is 1.90 bits per heavy atom. The summed E-state index contributed by atoms with van der Waals surface area (Å²) in [6.07, 6.45) is 2.10. The predicted octanol–water partition coefficient (Wildman–Crippen LogP) is 5.43. The Bertz CT molecular complexity index is 556. The van der Waals surface area contributed by atoms with Gasteiger partial charge in [-0.1, -0.05) is 70.9 Å². The quantitative estimate of drug-likeness (QED) is 0.644. The first-order valence-electron chi connectivity index (χ1n) is 7.40. The summed E-state index contributed by atoms with van der Waals surface area (Å²) < 4.78 is 1.02. The number of hydrogen-bond donors (Lipinski definition) is 1. The third kappa shape index (κ3) is 5.14. The minimum atomic E-state index is 0.441. The van der Waals surface area contributed by atoms with Gasteiger partial charge in [-0.3, -0.25) is 0 Å². The molecule has 0 bridgehead atoms. The average molecular weight is 367 g/mol. The third-order valence-corrected chi connectivity index (χ3v) is 4.42. The summed E-state index contributed by atoms with van der Waals surface area (Å²) in [4.78, 5) is 0. The second-order valence-electron chi connectivity index (χ2n) is 5.25. The molecule has 2 aromatic carbocycles. The summed E-state index contributed by atoms with van der Waals surface area (Å²) >= 11 is 9.83. The molecule has 2 aromatic rings. The van der Waals surface area contributed by atoms with Crippen molar-refractivity contribution >= 4 is 27.5 Å². The number of hydrogen-bond acceptors (Lipinski definition) is 1. The molecule has 0 spiro atoms. The monoisotopic (exact) mass is 365 g/mol. The molecular formula is C18H21BrClN. The predicted molar refractivity (Wildman–Crippen MR) is 95.2 cm³/mol. The largest absolute Gasteiger partial charge is 0.316 e. The highest BCUT2D eigenvalue weighted by Crippen LogP contribution is 2.27. The molecular weight excluding hydrogens is 346 g/mol. The molecule has 0 heterocycles. The summed E-state index contributed by atoms with van der Waals surface area (Å²) in [7, 11) is 0. The summed E-state index contributed by atoms with van der Waals surface area (Å²) in [6, 6.07) is 16.8. The van der Waals surface area contributed by atoms with Gasteiger partial charge in [-0.25, -0.2) is 0 Å². The first kappa shape index (κ1) is 16.5. The van der Waals surface area contributed by atoms with Gasteiger partial charge in [0.2, 0.25) is 0 Å². The fourth-order valence-electron chi connectivity index (χ4n) is 2.44. The first-order chi connectivity index (χ1) is 10.2. The molecule has 0 fully saturated rings. The van der Waals surface area contributed by atoms with Crippen LogP contribution in [0.3, 0.4) is 0 Å². The van der Waals surface area contributed by atoms with Crippen LogP contribution < -0.4 is 5.32 Å². The third-order valence-electron chi connectivity index (χ3n) is 3.57. The molecule has 0 aliphatic carbocycles. The molecule has 1 atom stereocenters. The maximum Gasteiger partial charge on any atom is 0.0449 e. The molecule has 1 nitrogen and oxygen atoms in total. The highest BCUT2D eigenvalue weighted by molar-refractivity contribution is 9.10. The Morgan fingerprint density at radius 3 is 2.57 bits per heavy atom. The van der Waals surface area contributed by atoms with Crippen molar-refractivity contribution in [1.82, 2.24) is 5.32 Å². The molecule has 0 aliphatic heterocycles. The van der Waals surface area contributed by atoms with Gasteiger partial charge >= 0.3 is 0 Å². The standard InChI is InChI=1S/C18H21BrClN/c1-2-10-21-13-16(14-6-4-3-5-7-14)11-15-8-9-17(19)12-18(15)20/h3-9,12,16,21H,2,10-11,13H2,1H3. The van der Waals surface area contributed by atoms with E-state index in [2.05, 4.69) is 70.6 Å². The summed E-state index contributed by atoms with van der Waals surface area (Å²) in [5.41, 5.74) is 2.56. The number of rotatable bonds is 7. The lowest BCUT2D eigenvalue weighted by Gasteiger charge is -2.19. The van der Waals surface area contributed by atoms with Gasteiger partial charge in [0.15, 0.2) is 0 Å². The van der Waals surface area contributed by atoms with E-state index in [0.717, 1.165) is 35.4 Å². The molecule has 1 N–H and O–H groups in total. The van der Waals surface area contributed by atoms with E-state index in [9.17, 15) is 0 Å². The molecule has 0 saturated carbocycles. The van der Waals surface area contributed by atoms with Crippen LogP contribution in [0.1, 0.15) is 30.4 Å². The normalized spacial score (nSPS) is 12.3. The van der Waals surface area contributed by atoms with E-state index in [1.807, 2.05) is 6.07 Å². The molecule has 3 heteroatoms. The average Bonchev–Trinajstić information content (AvgIpc) is 2.49. The van der Waals surface area contributed by atoms with Gasteiger partial charge in [0.1, 0.15) is 0 Å². The molecule has 112 valence electrons. The number of benzene rings is 2. The van der Waals surface area contributed by atoms with Crippen LogP contribution in [-0.2, 0) is 6.42 Å². The highest BCUT2D eigenvalue weighted by Gasteiger charge is 2.14. The molecule has 21 heavy (non-hydrogen) atoms. The first-order valence-corrected chi connectivity index (χ1v) is 8.57. The van der Waals surface area contributed by atoms with Crippen molar-refractivity contribution in [2.45, 2.75) is 25.7 Å². The van der Waals surface area contributed by atoms with E-state index >= 15 is 0 Å². The van der Waals surface area contributed by atoms with Crippen LogP contribution in [0.5, 0.6) is 0 Å². The van der Waals surface area contributed by atoms with E-state index in [0.29, 0.717) is 5.92 Å². The van der Waals surface area contributed by atoms with Crippen LogP contribution in [0.15, 0.2) is 53.0 Å². The van der Waals surface area contributed by atoms with E-state index in [1.165, 1.54) is 11.1 Å². The maximum atomic E-state index is 6.37. The van der Waals surface area contributed by atoms with Crippen molar-refractivity contribution in [2.75, 3.05) is 13.1 Å². The van der Waals surface area contributed by atoms with E-state index < -0.39 is 0 Å². The topological polar surface area (TPSA) is 12.0 Å².